The van der Waals surface area contributed by atoms with Gasteiger partial charge in [0.25, 0.3) is 15.9 Å². The topological polar surface area (TPSA) is 114 Å². The summed E-state index contributed by atoms with van der Waals surface area (Å²) in [6.45, 7) is 2.63. The van der Waals surface area contributed by atoms with Crippen molar-refractivity contribution in [1.29, 1.82) is 0 Å². The van der Waals surface area contributed by atoms with Crippen molar-refractivity contribution in [2.24, 2.45) is 0 Å². The van der Waals surface area contributed by atoms with Crippen molar-refractivity contribution >= 4 is 33.7 Å². The number of para-hydroxylation sites is 1. The zero-order valence-corrected chi connectivity index (χ0v) is 19.9. The molecule has 0 N–H and O–H groups in total. The van der Waals surface area contributed by atoms with Gasteiger partial charge in [0, 0.05) is 33.2 Å². The average molecular weight is 490 g/mol. The minimum absolute atomic E-state index is 0.162. The zero-order valence-electron chi connectivity index (χ0n) is 19.0. The van der Waals surface area contributed by atoms with Gasteiger partial charge in [0.15, 0.2) is 6.61 Å². The van der Waals surface area contributed by atoms with Crippen LogP contribution in [0.25, 0.3) is 0 Å². The van der Waals surface area contributed by atoms with Crippen molar-refractivity contribution in [2.75, 3.05) is 50.7 Å². The first-order valence-electron chi connectivity index (χ1n) is 10.7. The van der Waals surface area contributed by atoms with Gasteiger partial charge in [-0.05, 0) is 31.2 Å². The van der Waals surface area contributed by atoms with Gasteiger partial charge in [-0.2, -0.15) is 0 Å². The van der Waals surface area contributed by atoms with Crippen LogP contribution in [0.1, 0.15) is 17.3 Å². The van der Waals surface area contributed by atoms with Crippen molar-refractivity contribution in [2.45, 2.75) is 11.8 Å². The second-order valence-corrected chi connectivity index (χ2v) is 9.38. The number of carbonyl (C=O) groups excluding carboxylic acids is 3. The number of hydrogen-bond donors (Lipinski definition) is 0. The number of ether oxygens (including phenoxy) is 2. The second kappa shape index (κ2) is 11.0. The van der Waals surface area contributed by atoms with E-state index < -0.39 is 34.6 Å². The summed E-state index contributed by atoms with van der Waals surface area (Å²) >= 11 is 0. The molecule has 11 heteroatoms. The van der Waals surface area contributed by atoms with E-state index in [2.05, 4.69) is 0 Å². The molecule has 0 unspecified atom stereocenters. The highest BCUT2D eigenvalue weighted by Crippen LogP contribution is 2.24. The van der Waals surface area contributed by atoms with Crippen LogP contribution in [0.5, 0.6) is 0 Å². The number of sulfonamides is 1. The van der Waals surface area contributed by atoms with Crippen molar-refractivity contribution in [3.63, 3.8) is 0 Å². The molecule has 0 aromatic heterocycles. The summed E-state index contributed by atoms with van der Waals surface area (Å²) in [6.07, 6.45) is -0.431. The van der Waals surface area contributed by atoms with Gasteiger partial charge in [-0.3, -0.25) is 9.10 Å². The fraction of sp³-hybridized carbons (Fsp3) is 0.348. The molecule has 0 atom stereocenters. The van der Waals surface area contributed by atoms with E-state index in [1.54, 1.807) is 37.3 Å². The van der Waals surface area contributed by atoms with Crippen LogP contribution in [-0.4, -0.2) is 82.6 Å². The molecule has 1 saturated heterocycles. The quantitative estimate of drug-likeness (QED) is 0.547. The Morgan fingerprint density at radius 2 is 1.47 bits per heavy atom. The predicted octanol–water partition coefficient (Wildman–Crippen LogP) is 1.97. The third-order valence-corrected chi connectivity index (χ3v) is 7.19. The first kappa shape index (κ1) is 25.0. The summed E-state index contributed by atoms with van der Waals surface area (Å²) in [6, 6.07) is 14.2. The van der Waals surface area contributed by atoms with E-state index in [0.29, 0.717) is 18.8 Å². The lowest BCUT2D eigenvalue weighted by Crippen LogP contribution is -2.51. The van der Waals surface area contributed by atoms with Gasteiger partial charge in [0.1, 0.15) is 4.90 Å². The first-order chi connectivity index (χ1) is 16.3. The standard InChI is InChI=1S/C23H27N3O7S/c1-3-32-23(29)26-15-13-25(14-16-26)21(27)17-33-22(28)19-11-7-8-12-20(19)34(30,31)24(2)18-9-5-4-6-10-18/h4-12H,3,13-17H2,1-2H3. The molecule has 1 fully saturated rings. The molecule has 1 heterocycles. The van der Waals surface area contributed by atoms with Gasteiger partial charge in [-0.1, -0.05) is 30.3 Å². The smallest absolute Gasteiger partial charge is 0.409 e. The molecule has 0 aliphatic carbocycles. The Bertz CT molecular complexity index is 1130. The fourth-order valence-corrected chi connectivity index (χ4v) is 4.81. The number of carbonyl (C=O) groups is 3. The normalized spacial score (nSPS) is 13.8. The van der Waals surface area contributed by atoms with Gasteiger partial charge in [-0.15, -0.1) is 0 Å². The van der Waals surface area contributed by atoms with Crippen LogP contribution in [0, 0.1) is 0 Å². The molecule has 10 nitrogen and oxygen atoms in total. The van der Waals surface area contributed by atoms with Crippen molar-refractivity contribution < 1.29 is 32.3 Å². The molecule has 2 aromatic rings. The molecular formula is C23H27N3O7S. The number of piperazine rings is 1. The minimum atomic E-state index is -4.06. The van der Waals surface area contributed by atoms with Gasteiger partial charge >= 0.3 is 12.1 Å². The van der Waals surface area contributed by atoms with E-state index in [1.807, 2.05) is 0 Å². The molecule has 3 rings (SSSR count). The van der Waals surface area contributed by atoms with E-state index in [1.165, 1.54) is 41.1 Å². The van der Waals surface area contributed by atoms with E-state index in [0.717, 1.165) is 4.31 Å². The van der Waals surface area contributed by atoms with Gasteiger partial charge in [0.05, 0.1) is 17.9 Å². The molecule has 0 spiro atoms. The molecule has 34 heavy (non-hydrogen) atoms. The van der Waals surface area contributed by atoms with Crippen LogP contribution in [0.4, 0.5) is 10.5 Å². The van der Waals surface area contributed by atoms with Crippen LogP contribution in [-0.2, 0) is 24.3 Å². The number of esters is 1. The lowest BCUT2D eigenvalue weighted by atomic mass is 10.2. The SMILES string of the molecule is CCOC(=O)N1CCN(C(=O)COC(=O)c2ccccc2S(=O)(=O)N(C)c2ccccc2)CC1. The summed E-state index contributed by atoms with van der Waals surface area (Å²) in [4.78, 5) is 39.8. The molecular weight excluding hydrogens is 462 g/mol. The lowest BCUT2D eigenvalue weighted by Gasteiger charge is -2.33. The van der Waals surface area contributed by atoms with E-state index >= 15 is 0 Å². The third kappa shape index (κ3) is 5.66. The lowest BCUT2D eigenvalue weighted by molar-refractivity contribution is -0.136. The third-order valence-electron chi connectivity index (χ3n) is 5.35. The van der Waals surface area contributed by atoms with E-state index in [-0.39, 0.29) is 30.2 Å². The molecule has 1 aliphatic rings. The summed E-state index contributed by atoms with van der Waals surface area (Å²) in [5.74, 6) is -1.35. The van der Waals surface area contributed by atoms with Gasteiger partial charge in [-0.25, -0.2) is 18.0 Å². The highest BCUT2D eigenvalue weighted by molar-refractivity contribution is 7.92. The number of nitrogens with zero attached hydrogens (tertiary/aromatic N) is 3. The number of rotatable bonds is 7. The Morgan fingerprint density at radius 3 is 2.12 bits per heavy atom. The summed E-state index contributed by atoms with van der Waals surface area (Å²) in [7, 11) is -2.66. The maximum absolute atomic E-state index is 13.2. The molecule has 182 valence electrons. The first-order valence-corrected chi connectivity index (χ1v) is 12.2. The van der Waals surface area contributed by atoms with Gasteiger partial charge in [0.2, 0.25) is 0 Å². The van der Waals surface area contributed by atoms with E-state index in [4.69, 9.17) is 9.47 Å². The van der Waals surface area contributed by atoms with Crippen LogP contribution in [0.2, 0.25) is 0 Å². The highest BCUT2D eigenvalue weighted by Gasteiger charge is 2.29. The monoisotopic (exact) mass is 489 g/mol. The van der Waals surface area contributed by atoms with Crippen LogP contribution >= 0.6 is 0 Å². The van der Waals surface area contributed by atoms with Crippen molar-refractivity contribution in [3.05, 3.63) is 60.2 Å². The Morgan fingerprint density at radius 1 is 0.882 bits per heavy atom. The van der Waals surface area contributed by atoms with E-state index in [9.17, 15) is 22.8 Å². The molecule has 0 saturated carbocycles. The highest BCUT2D eigenvalue weighted by atomic mass is 32.2. The minimum Gasteiger partial charge on any atom is -0.452 e. The Labute approximate surface area is 198 Å². The second-order valence-electron chi connectivity index (χ2n) is 7.45. The fourth-order valence-electron chi connectivity index (χ4n) is 3.43. The molecule has 1 aliphatic heterocycles. The largest absolute Gasteiger partial charge is 0.452 e. The maximum atomic E-state index is 13.2. The molecule has 2 aromatic carbocycles. The van der Waals surface area contributed by atoms with Crippen LogP contribution in [0.3, 0.4) is 0 Å². The Hall–Kier alpha value is -3.60. The molecule has 0 bridgehead atoms. The maximum Gasteiger partial charge on any atom is 0.409 e. The summed E-state index contributed by atoms with van der Waals surface area (Å²) < 4.78 is 37.5. The van der Waals surface area contributed by atoms with Crippen molar-refractivity contribution in [1.82, 2.24) is 9.80 Å². The molecule has 2 amide bonds. The number of benzene rings is 2. The van der Waals surface area contributed by atoms with Crippen LogP contribution < -0.4 is 4.31 Å². The number of hydrogen-bond acceptors (Lipinski definition) is 7. The zero-order chi connectivity index (χ0) is 24.7. The number of anilines is 1. The summed E-state index contributed by atoms with van der Waals surface area (Å²) in [5, 5.41) is 0. The molecule has 0 radical (unpaired) electrons. The van der Waals surface area contributed by atoms with Crippen LogP contribution in [0.15, 0.2) is 59.5 Å². The van der Waals surface area contributed by atoms with Gasteiger partial charge < -0.3 is 19.3 Å². The average Bonchev–Trinajstić information content (AvgIpc) is 2.87. The Kier molecular flexibility index (Phi) is 8.11. The summed E-state index contributed by atoms with van der Waals surface area (Å²) in [5.41, 5.74) is 0.271. The number of amides is 2. The van der Waals surface area contributed by atoms with Crippen molar-refractivity contribution in [3.8, 4) is 0 Å². The predicted molar refractivity (Wildman–Crippen MR) is 124 cm³/mol. The Balaban J connectivity index is 1.64.